The molecule has 2 fully saturated rings. The maximum Gasteiger partial charge on any atom is 0.274 e. The van der Waals surface area contributed by atoms with Gasteiger partial charge < -0.3 is 9.80 Å². The molecule has 0 aliphatic carbocycles. The van der Waals surface area contributed by atoms with E-state index in [1.165, 1.54) is 12.4 Å². The van der Waals surface area contributed by atoms with Gasteiger partial charge in [-0.3, -0.25) is 14.6 Å². The number of benzene rings is 1. The molecule has 1 aromatic heterocycles. The van der Waals surface area contributed by atoms with E-state index in [4.69, 9.17) is 0 Å². The van der Waals surface area contributed by atoms with E-state index in [1.54, 1.807) is 11.1 Å². The van der Waals surface area contributed by atoms with Crippen molar-refractivity contribution >= 4 is 11.8 Å². The Morgan fingerprint density at radius 3 is 2.73 bits per heavy atom. The van der Waals surface area contributed by atoms with Crippen molar-refractivity contribution in [2.75, 3.05) is 26.2 Å². The van der Waals surface area contributed by atoms with Gasteiger partial charge in [0.05, 0.1) is 11.6 Å². The van der Waals surface area contributed by atoms with Crippen LogP contribution in [0.2, 0.25) is 0 Å². The molecule has 1 spiro atoms. The highest BCUT2D eigenvalue weighted by molar-refractivity contribution is 5.94. The van der Waals surface area contributed by atoms with Gasteiger partial charge in [0.1, 0.15) is 5.69 Å². The van der Waals surface area contributed by atoms with Crippen LogP contribution in [0.5, 0.6) is 0 Å². The average Bonchev–Trinajstić information content (AvgIpc) is 3.24. The molecule has 134 valence electrons. The van der Waals surface area contributed by atoms with Gasteiger partial charge in [-0.15, -0.1) is 0 Å². The molecule has 2 aliphatic rings. The highest BCUT2D eigenvalue weighted by atomic mass is 16.2. The molecule has 26 heavy (non-hydrogen) atoms. The Morgan fingerprint density at radius 1 is 1.27 bits per heavy atom. The molecular weight excluding hydrogens is 328 g/mol. The fourth-order valence-corrected chi connectivity index (χ4v) is 4.38. The fourth-order valence-electron chi connectivity index (χ4n) is 4.38. The van der Waals surface area contributed by atoms with E-state index >= 15 is 0 Å². The lowest BCUT2D eigenvalue weighted by Crippen LogP contribution is -2.40. The number of amides is 2. The highest BCUT2D eigenvalue weighted by Gasteiger charge is 2.57. The number of carbonyl (C=O) groups is 2. The molecule has 0 N–H and O–H groups in total. The van der Waals surface area contributed by atoms with Crippen molar-refractivity contribution in [3.63, 3.8) is 0 Å². The van der Waals surface area contributed by atoms with Crippen molar-refractivity contribution in [2.24, 2.45) is 5.41 Å². The van der Waals surface area contributed by atoms with E-state index in [-0.39, 0.29) is 17.7 Å². The minimum absolute atomic E-state index is 0.00775. The molecule has 6 nitrogen and oxygen atoms in total. The number of hydrogen-bond donors (Lipinski definition) is 0. The van der Waals surface area contributed by atoms with E-state index in [1.807, 2.05) is 30.0 Å². The first-order chi connectivity index (χ1) is 12.7. The second-order valence-electron chi connectivity index (χ2n) is 7.03. The molecule has 1 aromatic carbocycles. The standard InChI is InChI=1S/C20H22N4O2/c1-2-23-11-8-20(19(23)26)14-24(18(25)17-12-21-9-10-22-17)13-16(20)15-6-4-3-5-7-15/h3-7,9-10,12,16H,2,8,11,13-14H2,1H3/t16-,20+/m1/s1. The Kier molecular flexibility index (Phi) is 4.18. The number of rotatable bonds is 3. The molecule has 0 radical (unpaired) electrons. The van der Waals surface area contributed by atoms with Gasteiger partial charge in [0, 0.05) is 44.5 Å². The molecule has 2 amide bonds. The molecule has 2 saturated heterocycles. The summed E-state index contributed by atoms with van der Waals surface area (Å²) in [7, 11) is 0. The molecule has 2 aromatic rings. The summed E-state index contributed by atoms with van der Waals surface area (Å²) in [4.78, 5) is 38.0. The molecule has 0 saturated carbocycles. The Balaban J connectivity index is 1.70. The summed E-state index contributed by atoms with van der Waals surface area (Å²) in [6.07, 6.45) is 5.34. The molecule has 0 unspecified atom stereocenters. The van der Waals surface area contributed by atoms with E-state index in [0.717, 1.165) is 18.5 Å². The van der Waals surface area contributed by atoms with E-state index in [2.05, 4.69) is 22.1 Å². The van der Waals surface area contributed by atoms with E-state index < -0.39 is 5.41 Å². The van der Waals surface area contributed by atoms with Crippen LogP contribution in [0.1, 0.15) is 35.3 Å². The molecule has 6 heteroatoms. The third-order valence-electron chi connectivity index (χ3n) is 5.74. The predicted molar refractivity (Wildman–Crippen MR) is 96.4 cm³/mol. The van der Waals surface area contributed by atoms with Crippen molar-refractivity contribution in [2.45, 2.75) is 19.3 Å². The SMILES string of the molecule is CCN1CC[C@@]2(CN(C(=O)c3cnccn3)C[C@@H]2c2ccccc2)C1=O. The van der Waals surface area contributed by atoms with Crippen molar-refractivity contribution in [3.05, 3.63) is 60.2 Å². The van der Waals surface area contributed by atoms with Gasteiger partial charge in [-0.25, -0.2) is 4.98 Å². The maximum absolute atomic E-state index is 13.2. The van der Waals surface area contributed by atoms with Crippen molar-refractivity contribution < 1.29 is 9.59 Å². The second kappa shape index (κ2) is 6.52. The van der Waals surface area contributed by atoms with Crippen LogP contribution in [-0.2, 0) is 4.79 Å². The summed E-state index contributed by atoms with van der Waals surface area (Å²) < 4.78 is 0. The number of likely N-dealkylation sites (tertiary alicyclic amines) is 2. The van der Waals surface area contributed by atoms with Gasteiger partial charge in [-0.05, 0) is 18.9 Å². The lowest BCUT2D eigenvalue weighted by Gasteiger charge is -2.28. The van der Waals surface area contributed by atoms with E-state index in [9.17, 15) is 9.59 Å². The first kappa shape index (κ1) is 16.7. The predicted octanol–water partition coefficient (Wildman–Crippen LogP) is 1.95. The van der Waals surface area contributed by atoms with Crippen LogP contribution in [0, 0.1) is 5.41 Å². The van der Waals surface area contributed by atoms with Crippen LogP contribution in [-0.4, -0.2) is 57.8 Å². The molecule has 0 bridgehead atoms. The van der Waals surface area contributed by atoms with Crippen LogP contribution in [0.4, 0.5) is 0 Å². The van der Waals surface area contributed by atoms with Gasteiger partial charge in [0.25, 0.3) is 5.91 Å². The smallest absolute Gasteiger partial charge is 0.274 e. The number of carbonyl (C=O) groups excluding carboxylic acids is 2. The Morgan fingerprint density at radius 2 is 2.08 bits per heavy atom. The highest BCUT2D eigenvalue weighted by Crippen LogP contribution is 2.50. The first-order valence-electron chi connectivity index (χ1n) is 9.05. The summed E-state index contributed by atoms with van der Waals surface area (Å²) in [5.41, 5.74) is 0.914. The number of hydrogen-bond acceptors (Lipinski definition) is 4. The summed E-state index contributed by atoms with van der Waals surface area (Å²) in [5.74, 6) is 0.0234. The van der Waals surface area contributed by atoms with Crippen molar-refractivity contribution in [3.8, 4) is 0 Å². The normalized spacial score (nSPS) is 25.3. The summed E-state index contributed by atoms with van der Waals surface area (Å²) >= 11 is 0. The third-order valence-corrected chi connectivity index (χ3v) is 5.74. The maximum atomic E-state index is 13.2. The Bertz CT molecular complexity index is 811. The zero-order valence-electron chi connectivity index (χ0n) is 14.8. The fraction of sp³-hybridized carbons (Fsp3) is 0.400. The van der Waals surface area contributed by atoms with Crippen LogP contribution in [0.15, 0.2) is 48.9 Å². The van der Waals surface area contributed by atoms with Crippen molar-refractivity contribution in [1.82, 2.24) is 19.8 Å². The molecular formula is C20H22N4O2. The Hall–Kier alpha value is -2.76. The van der Waals surface area contributed by atoms with Crippen LogP contribution in [0.3, 0.4) is 0 Å². The molecule has 4 rings (SSSR count). The zero-order valence-corrected chi connectivity index (χ0v) is 14.8. The lowest BCUT2D eigenvalue weighted by molar-refractivity contribution is -0.135. The third kappa shape index (κ3) is 2.57. The molecule has 2 aliphatic heterocycles. The summed E-state index contributed by atoms with van der Waals surface area (Å²) in [6.45, 7) is 4.44. The molecule has 3 heterocycles. The summed E-state index contributed by atoms with van der Waals surface area (Å²) in [6, 6.07) is 10.1. The quantitative estimate of drug-likeness (QED) is 0.849. The zero-order chi connectivity index (χ0) is 18.1. The Labute approximate surface area is 152 Å². The number of nitrogens with zero attached hydrogens (tertiary/aromatic N) is 4. The van der Waals surface area contributed by atoms with Crippen LogP contribution in [0.25, 0.3) is 0 Å². The minimum Gasteiger partial charge on any atom is -0.342 e. The van der Waals surface area contributed by atoms with E-state index in [0.29, 0.717) is 25.3 Å². The lowest BCUT2D eigenvalue weighted by atomic mass is 9.73. The van der Waals surface area contributed by atoms with Crippen molar-refractivity contribution in [1.29, 1.82) is 0 Å². The average molecular weight is 350 g/mol. The van der Waals surface area contributed by atoms with Gasteiger partial charge in [0.2, 0.25) is 5.91 Å². The largest absolute Gasteiger partial charge is 0.342 e. The molecule has 2 atom stereocenters. The van der Waals surface area contributed by atoms with Gasteiger partial charge in [-0.2, -0.15) is 0 Å². The second-order valence-corrected chi connectivity index (χ2v) is 7.03. The van der Waals surface area contributed by atoms with Crippen LogP contribution < -0.4 is 0 Å². The van der Waals surface area contributed by atoms with Crippen LogP contribution >= 0.6 is 0 Å². The van der Waals surface area contributed by atoms with Gasteiger partial charge >= 0.3 is 0 Å². The first-order valence-corrected chi connectivity index (χ1v) is 9.05. The number of aromatic nitrogens is 2. The topological polar surface area (TPSA) is 66.4 Å². The summed E-state index contributed by atoms with van der Waals surface area (Å²) in [5, 5.41) is 0. The minimum atomic E-state index is -0.533. The van der Waals surface area contributed by atoms with Gasteiger partial charge in [-0.1, -0.05) is 30.3 Å². The monoisotopic (exact) mass is 350 g/mol. The van der Waals surface area contributed by atoms with Gasteiger partial charge in [0.15, 0.2) is 0 Å².